The summed E-state index contributed by atoms with van der Waals surface area (Å²) < 4.78 is 6.02. The van der Waals surface area contributed by atoms with Crippen LogP contribution in [0.4, 0.5) is 0 Å². The zero-order chi connectivity index (χ0) is 21.2. The number of hydrogen-bond donors (Lipinski definition) is 2. The number of ether oxygens (including phenoxy) is 1. The van der Waals surface area contributed by atoms with Gasteiger partial charge in [-0.1, -0.05) is 96.8 Å². The number of aliphatic hydroxyl groups excluding tert-OH is 1. The molecule has 2 N–H and O–H groups in total. The highest BCUT2D eigenvalue weighted by Gasteiger charge is 2.33. The van der Waals surface area contributed by atoms with E-state index in [1.807, 2.05) is 0 Å². The topological polar surface area (TPSA) is 41.5 Å². The van der Waals surface area contributed by atoms with Gasteiger partial charge in [0.1, 0.15) is 0 Å². The van der Waals surface area contributed by atoms with Gasteiger partial charge in [-0.05, 0) is 58.5 Å². The third-order valence-electron chi connectivity index (χ3n) is 6.82. The summed E-state index contributed by atoms with van der Waals surface area (Å²) in [6.45, 7) is 8.74. The van der Waals surface area contributed by atoms with Gasteiger partial charge in [-0.2, -0.15) is 0 Å². The average molecular weight is 412 g/mol. The number of nitrogens with one attached hydrogen (secondary N) is 1. The van der Waals surface area contributed by atoms with Crippen molar-refractivity contribution in [1.29, 1.82) is 0 Å². The Morgan fingerprint density at radius 3 is 1.62 bits per heavy atom. The SMILES string of the molecule is CCCCCCCCCCCCCCCCCC(O)OC(C)(C)C1CCNCC1. The van der Waals surface area contributed by atoms with Gasteiger partial charge < -0.3 is 15.2 Å². The van der Waals surface area contributed by atoms with E-state index in [1.54, 1.807) is 0 Å². The van der Waals surface area contributed by atoms with Crippen LogP contribution in [-0.4, -0.2) is 30.1 Å². The van der Waals surface area contributed by atoms with Crippen molar-refractivity contribution in [3.8, 4) is 0 Å². The molecule has 0 radical (unpaired) electrons. The Hall–Kier alpha value is -0.120. The van der Waals surface area contributed by atoms with Crippen LogP contribution in [0.5, 0.6) is 0 Å². The van der Waals surface area contributed by atoms with Gasteiger partial charge in [0.25, 0.3) is 0 Å². The highest BCUT2D eigenvalue weighted by molar-refractivity contribution is 4.83. The van der Waals surface area contributed by atoms with Crippen LogP contribution in [0.3, 0.4) is 0 Å². The molecule has 0 aromatic heterocycles. The molecule has 0 saturated carbocycles. The standard InChI is InChI=1S/C26H53NO2/c1-4-5-6-7-8-9-10-11-12-13-14-15-16-17-18-19-25(28)29-26(2,3)24-20-22-27-23-21-24/h24-25,27-28H,4-23H2,1-3H3. The van der Waals surface area contributed by atoms with E-state index in [4.69, 9.17) is 4.74 Å². The molecule has 0 aliphatic carbocycles. The molecule has 0 aromatic rings. The lowest BCUT2D eigenvalue weighted by molar-refractivity contribution is -0.197. The van der Waals surface area contributed by atoms with Crippen LogP contribution in [-0.2, 0) is 4.74 Å². The lowest BCUT2D eigenvalue weighted by Crippen LogP contribution is -2.43. The minimum Gasteiger partial charge on any atom is -0.368 e. The average Bonchev–Trinajstić information content (AvgIpc) is 2.71. The fraction of sp³-hybridized carbons (Fsp3) is 1.00. The van der Waals surface area contributed by atoms with E-state index in [-0.39, 0.29) is 5.60 Å². The molecule has 1 aliphatic heterocycles. The molecule has 1 heterocycles. The summed E-state index contributed by atoms with van der Waals surface area (Å²) in [5, 5.41) is 13.7. The first kappa shape index (κ1) is 26.9. The Bertz CT molecular complexity index is 353. The maximum absolute atomic E-state index is 10.3. The van der Waals surface area contributed by atoms with Crippen molar-refractivity contribution < 1.29 is 9.84 Å². The summed E-state index contributed by atoms with van der Waals surface area (Å²) in [6, 6.07) is 0. The fourth-order valence-electron chi connectivity index (χ4n) is 4.71. The minimum atomic E-state index is -0.596. The van der Waals surface area contributed by atoms with Crippen molar-refractivity contribution in [2.45, 2.75) is 148 Å². The molecule has 1 aliphatic rings. The van der Waals surface area contributed by atoms with Crippen molar-refractivity contribution in [1.82, 2.24) is 5.32 Å². The quantitative estimate of drug-likeness (QED) is 0.172. The van der Waals surface area contributed by atoms with Gasteiger partial charge in [0, 0.05) is 0 Å². The predicted molar refractivity (Wildman–Crippen MR) is 126 cm³/mol. The monoisotopic (exact) mass is 411 g/mol. The first-order valence-electron chi connectivity index (χ1n) is 13.1. The van der Waals surface area contributed by atoms with Crippen LogP contribution < -0.4 is 5.32 Å². The molecule has 1 fully saturated rings. The normalized spacial score (nSPS) is 17.0. The summed E-state index contributed by atoms with van der Waals surface area (Å²) >= 11 is 0. The summed E-state index contributed by atoms with van der Waals surface area (Å²) in [6.07, 6.45) is 23.1. The summed E-state index contributed by atoms with van der Waals surface area (Å²) in [5.74, 6) is 0.555. The molecule has 1 rings (SSSR count). The van der Waals surface area contributed by atoms with Crippen molar-refractivity contribution in [2.24, 2.45) is 5.92 Å². The van der Waals surface area contributed by atoms with Gasteiger partial charge in [-0.25, -0.2) is 0 Å². The van der Waals surface area contributed by atoms with E-state index in [2.05, 4.69) is 26.1 Å². The molecular formula is C26H53NO2. The zero-order valence-electron chi connectivity index (χ0n) is 20.2. The molecule has 3 heteroatoms. The van der Waals surface area contributed by atoms with Crippen LogP contribution in [0.2, 0.25) is 0 Å². The second-order valence-corrected chi connectivity index (χ2v) is 9.94. The maximum atomic E-state index is 10.3. The van der Waals surface area contributed by atoms with Crippen molar-refractivity contribution in [3.05, 3.63) is 0 Å². The second-order valence-electron chi connectivity index (χ2n) is 9.94. The molecule has 1 atom stereocenters. The van der Waals surface area contributed by atoms with E-state index < -0.39 is 6.29 Å². The van der Waals surface area contributed by atoms with Gasteiger partial charge in [0.2, 0.25) is 0 Å². The largest absolute Gasteiger partial charge is 0.368 e. The van der Waals surface area contributed by atoms with Gasteiger partial charge in [0.05, 0.1) is 5.60 Å². The smallest absolute Gasteiger partial charge is 0.155 e. The number of hydrogen-bond acceptors (Lipinski definition) is 3. The lowest BCUT2D eigenvalue weighted by atomic mass is 9.83. The van der Waals surface area contributed by atoms with Crippen molar-refractivity contribution in [2.75, 3.05) is 13.1 Å². The Balaban J connectivity index is 1.85. The van der Waals surface area contributed by atoms with Crippen LogP contribution >= 0.6 is 0 Å². The molecule has 174 valence electrons. The molecular weight excluding hydrogens is 358 g/mol. The third kappa shape index (κ3) is 14.5. The van der Waals surface area contributed by atoms with Gasteiger partial charge in [-0.3, -0.25) is 0 Å². The number of rotatable bonds is 19. The molecule has 29 heavy (non-hydrogen) atoms. The Kier molecular flexibility index (Phi) is 16.3. The molecule has 1 unspecified atom stereocenters. The fourth-order valence-corrected chi connectivity index (χ4v) is 4.71. The first-order chi connectivity index (χ1) is 14.1. The van der Waals surface area contributed by atoms with E-state index in [9.17, 15) is 5.11 Å². The molecule has 0 aromatic carbocycles. The van der Waals surface area contributed by atoms with E-state index in [0.717, 1.165) is 38.8 Å². The summed E-state index contributed by atoms with van der Waals surface area (Å²) in [7, 11) is 0. The summed E-state index contributed by atoms with van der Waals surface area (Å²) in [4.78, 5) is 0. The lowest BCUT2D eigenvalue weighted by Gasteiger charge is -2.38. The number of unbranched alkanes of at least 4 members (excludes halogenated alkanes) is 14. The van der Waals surface area contributed by atoms with Gasteiger partial charge >= 0.3 is 0 Å². The second kappa shape index (κ2) is 17.5. The highest BCUT2D eigenvalue weighted by Crippen LogP contribution is 2.30. The molecule has 1 saturated heterocycles. The number of piperidine rings is 1. The molecule has 0 bridgehead atoms. The van der Waals surface area contributed by atoms with Gasteiger partial charge in [0.15, 0.2) is 6.29 Å². The van der Waals surface area contributed by atoms with E-state index in [0.29, 0.717) is 5.92 Å². The zero-order valence-corrected chi connectivity index (χ0v) is 20.2. The van der Waals surface area contributed by atoms with Crippen molar-refractivity contribution >= 4 is 0 Å². The number of aliphatic hydroxyl groups is 1. The van der Waals surface area contributed by atoms with Crippen LogP contribution in [0.1, 0.15) is 136 Å². The minimum absolute atomic E-state index is 0.211. The van der Waals surface area contributed by atoms with Crippen LogP contribution in [0.25, 0.3) is 0 Å². The highest BCUT2D eigenvalue weighted by atomic mass is 16.6. The first-order valence-corrected chi connectivity index (χ1v) is 13.1. The predicted octanol–water partition coefficient (Wildman–Crippen LogP) is 7.36. The maximum Gasteiger partial charge on any atom is 0.155 e. The molecule has 0 amide bonds. The van der Waals surface area contributed by atoms with E-state index in [1.165, 1.54) is 89.9 Å². The van der Waals surface area contributed by atoms with Crippen LogP contribution in [0, 0.1) is 5.92 Å². The van der Waals surface area contributed by atoms with Gasteiger partial charge in [-0.15, -0.1) is 0 Å². The Labute approximate surface area is 182 Å². The Morgan fingerprint density at radius 1 is 0.759 bits per heavy atom. The van der Waals surface area contributed by atoms with Crippen LogP contribution in [0.15, 0.2) is 0 Å². The Morgan fingerprint density at radius 2 is 1.17 bits per heavy atom. The molecule has 0 spiro atoms. The third-order valence-corrected chi connectivity index (χ3v) is 6.82. The van der Waals surface area contributed by atoms with Crippen molar-refractivity contribution in [3.63, 3.8) is 0 Å². The summed E-state index contributed by atoms with van der Waals surface area (Å²) in [5.41, 5.74) is -0.211. The molecule has 3 nitrogen and oxygen atoms in total. The van der Waals surface area contributed by atoms with E-state index >= 15 is 0 Å².